The van der Waals surface area contributed by atoms with Crippen molar-refractivity contribution in [3.8, 4) is 0 Å². The van der Waals surface area contributed by atoms with E-state index in [0.717, 1.165) is 6.42 Å². The minimum Gasteiger partial charge on any atom is -0.244 e. The van der Waals surface area contributed by atoms with Crippen LogP contribution in [0.2, 0.25) is 5.15 Å². The monoisotopic (exact) mass is 235 g/mol. The molecule has 1 heterocycles. The van der Waals surface area contributed by atoms with Crippen LogP contribution in [0.15, 0.2) is 18.3 Å². The van der Waals surface area contributed by atoms with Crippen LogP contribution >= 0.6 is 11.6 Å². The Bertz CT molecular complexity index is 425. The second-order valence-electron chi connectivity index (χ2n) is 4.99. The molecule has 0 aromatic carbocycles. The number of hydrogen-bond donors (Lipinski definition) is 0. The number of rotatable bonds is 2. The maximum atomic E-state index is 6.17. The Morgan fingerprint density at radius 2 is 2.31 bits per heavy atom. The molecule has 1 aromatic rings. The molecule has 0 amide bonds. The lowest BCUT2D eigenvalue weighted by molar-refractivity contribution is 0.265. The molecule has 0 aliphatic heterocycles. The summed E-state index contributed by atoms with van der Waals surface area (Å²) in [7, 11) is 0. The number of fused-ring (bicyclic) bond motifs is 1. The SMILES string of the molecule is CCC(C)[C@]1(C)C=Cc2ccnc(Cl)c2C1. The molecule has 1 aliphatic rings. The zero-order valence-electron chi connectivity index (χ0n) is 10.1. The van der Waals surface area contributed by atoms with Gasteiger partial charge in [0.1, 0.15) is 5.15 Å². The molecule has 1 unspecified atom stereocenters. The first-order valence-corrected chi connectivity index (χ1v) is 6.27. The van der Waals surface area contributed by atoms with Gasteiger partial charge in [-0.3, -0.25) is 0 Å². The minimum atomic E-state index is 0.217. The van der Waals surface area contributed by atoms with Gasteiger partial charge >= 0.3 is 0 Å². The highest BCUT2D eigenvalue weighted by Crippen LogP contribution is 2.41. The lowest BCUT2D eigenvalue weighted by atomic mass is 9.69. The summed E-state index contributed by atoms with van der Waals surface area (Å²) >= 11 is 6.17. The van der Waals surface area contributed by atoms with Crippen LogP contribution in [-0.4, -0.2) is 4.98 Å². The topological polar surface area (TPSA) is 12.9 Å². The molecule has 2 atom stereocenters. The van der Waals surface area contributed by atoms with Crippen LogP contribution < -0.4 is 0 Å². The van der Waals surface area contributed by atoms with Gasteiger partial charge in [-0.1, -0.05) is 50.9 Å². The number of hydrogen-bond acceptors (Lipinski definition) is 1. The van der Waals surface area contributed by atoms with Crippen molar-refractivity contribution in [3.05, 3.63) is 34.6 Å². The van der Waals surface area contributed by atoms with E-state index < -0.39 is 0 Å². The van der Waals surface area contributed by atoms with Crippen LogP contribution in [0.1, 0.15) is 38.3 Å². The fourth-order valence-corrected chi connectivity index (χ4v) is 2.57. The summed E-state index contributed by atoms with van der Waals surface area (Å²) in [6, 6.07) is 2.04. The van der Waals surface area contributed by atoms with Crippen LogP contribution in [-0.2, 0) is 6.42 Å². The summed E-state index contributed by atoms with van der Waals surface area (Å²) in [6.45, 7) is 6.85. The van der Waals surface area contributed by atoms with E-state index in [4.69, 9.17) is 11.6 Å². The largest absolute Gasteiger partial charge is 0.244 e. The van der Waals surface area contributed by atoms with Crippen LogP contribution in [0, 0.1) is 11.3 Å². The summed E-state index contributed by atoms with van der Waals surface area (Å²) < 4.78 is 0. The molecule has 0 N–H and O–H groups in total. The molecule has 2 rings (SSSR count). The van der Waals surface area contributed by atoms with Crippen molar-refractivity contribution >= 4 is 17.7 Å². The van der Waals surface area contributed by atoms with Crippen molar-refractivity contribution in [3.63, 3.8) is 0 Å². The van der Waals surface area contributed by atoms with Crippen molar-refractivity contribution < 1.29 is 0 Å². The van der Waals surface area contributed by atoms with Crippen LogP contribution in [0.3, 0.4) is 0 Å². The molecular formula is C14H18ClN. The third-order valence-corrected chi connectivity index (χ3v) is 4.30. The molecule has 0 saturated heterocycles. The molecule has 2 heteroatoms. The first-order chi connectivity index (χ1) is 7.57. The molecule has 0 fully saturated rings. The van der Waals surface area contributed by atoms with E-state index in [1.807, 2.05) is 6.07 Å². The summed E-state index contributed by atoms with van der Waals surface area (Å²) in [5.74, 6) is 0.660. The smallest absolute Gasteiger partial charge is 0.132 e. The van der Waals surface area contributed by atoms with Crippen LogP contribution in [0.5, 0.6) is 0 Å². The number of halogens is 1. The molecule has 0 bridgehead atoms. The maximum absolute atomic E-state index is 6.17. The second kappa shape index (κ2) is 4.21. The first kappa shape index (κ1) is 11.7. The normalized spacial score (nSPS) is 25.2. The Kier molecular flexibility index (Phi) is 3.07. The molecule has 1 aromatic heterocycles. The van der Waals surface area contributed by atoms with Crippen molar-refractivity contribution in [2.24, 2.45) is 11.3 Å². The molecule has 0 spiro atoms. The summed E-state index contributed by atoms with van der Waals surface area (Å²) in [5.41, 5.74) is 2.64. The predicted molar refractivity (Wildman–Crippen MR) is 69.5 cm³/mol. The average molecular weight is 236 g/mol. The number of nitrogens with zero attached hydrogens (tertiary/aromatic N) is 1. The van der Waals surface area contributed by atoms with Gasteiger partial charge in [-0.05, 0) is 34.9 Å². The first-order valence-electron chi connectivity index (χ1n) is 5.89. The second-order valence-corrected chi connectivity index (χ2v) is 5.35. The molecule has 16 heavy (non-hydrogen) atoms. The van der Waals surface area contributed by atoms with Gasteiger partial charge in [0.25, 0.3) is 0 Å². The third-order valence-electron chi connectivity index (χ3n) is 3.98. The molecule has 0 saturated carbocycles. The standard InChI is InChI=1S/C14H18ClN/c1-4-10(2)14(3)7-5-11-6-8-16-13(15)12(11)9-14/h5-8,10H,4,9H2,1-3H3/t10?,14-/m1/s1. The van der Waals surface area contributed by atoms with Crippen molar-refractivity contribution in [1.82, 2.24) is 4.98 Å². The van der Waals surface area contributed by atoms with Gasteiger partial charge < -0.3 is 0 Å². The minimum absolute atomic E-state index is 0.217. The molecular weight excluding hydrogens is 218 g/mol. The molecule has 1 nitrogen and oxygen atoms in total. The van der Waals surface area contributed by atoms with Gasteiger partial charge in [-0.2, -0.15) is 0 Å². The lowest BCUT2D eigenvalue weighted by Crippen LogP contribution is -2.28. The molecule has 86 valence electrons. The Balaban J connectivity index is 2.40. The number of aromatic nitrogens is 1. The van der Waals surface area contributed by atoms with E-state index in [0.29, 0.717) is 11.1 Å². The van der Waals surface area contributed by atoms with E-state index in [1.54, 1.807) is 6.20 Å². The summed E-state index contributed by atoms with van der Waals surface area (Å²) in [4.78, 5) is 4.17. The zero-order valence-corrected chi connectivity index (χ0v) is 10.9. The number of allylic oxidation sites excluding steroid dienone is 1. The summed E-state index contributed by atoms with van der Waals surface area (Å²) in [6.07, 6.45) is 8.49. The van der Waals surface area contributed by atoms with E-state index in [2.05, 4.69) is 37.9 Å². The van der Waals surface area contributed by atoms with Crippen LogP contribution in [0.4, 0.5) is 0 Å². The maximum Gasteiger partial charge on any atom is 0.132 e. The van der Waals surface area contributed by atoms with Gasteiger partial charge in [-0.25, -0.2) is 4.98 Å². The fraction of sp³-hybridized carbons (Fsp3) is 0.500. The highest BCUT2D eigenvalue weighted by Gasteiger charge is 2.31. The molecule has 1 aliphatic carbocycles. The van der Waals surface area contributed by atoms with E-state index >= 15 is 0 Å². The van der Waals surface area contributed by atoms with Crippen LogP contribution in [0.25, 0.3) is 6.08 Å². The van der Waals surface area contributed by atoms with Gasteiger partial charge in [0, 0.05) is 6.20 Å². The average Bonchev–Trinajstić information content (AvgIpc) is 2.29. The molecule has 0 radical (unpaired) electrons. The Labute approximate surface area is 103 Å². The highest BCUT2D eigenvalue weighted by atomic mass is 35.5. The predicted octanol–water partition coefficient (Wildman–Crippen LogP) is 4.36. The Morgan fingerprint density at radius 1 is 1.56 bits per heavy atom. The Morgan fingerprint density at radius 3 is 3.00 bits per heavy atom. The quantitative estimate of drug-likeness (QED) is 0.695. The van der Waals surface area contributed by atoms with Gasteiger partial charge in [-0.15, -0.1) is 0 Å². The fourth-order valence-electron chi connectivity index (χ4n) is 2.34. The van der Waals surface area contributed by atoms with Crippen molar-refractivity contribution in [2.45, 2.75) is 33.6 Å². The van der Waals surface area contributed by atoms with E-state index in [-0.39, 0.29) is 5.41 Å². The van der Waals surface area contributed by atoms with E-state index in [9.17, 15) is 0 Å². The third kappa shape index (κ3) is 1.89. The van der Waals surface area contributed by atoms with Gasteiger partial charge in [0.05, 0.1) is 0 Å². The van der Waals surface area contributed by atoms with Gasteiger partial charge in [0.2, 0.25) is 0 Å². The summed E-state index contributed by atoms with van der Waals surface area (Å²) in [5, 5.41) is 0.663. The van der Waals surface area contributed by atoms with E-state index in [1.165, 1.54) is 17.5 Å². The zero-order chi connectivity index (χ0) is 11.8. The highest BCUT2D eigenvalue weighted by molar-refractivity contribution is 6.30. The lowest BCUT2D eigenvalue weighted by Gasteiger charge is -2.35. The van der Waals surface area contributed by atoms with Crippen molar-refractivity contribution in [1.29, 1.82) is 0 Å². The number of pyridine rings is 1. The van der Waals surface area contributed by atoms with Crippen molar-refractivity contribution in [2.75, 3.05) is 0 Å². The van der Waals surface area contributed by atoms with Gasteiger partial charge in [0.15, 0.2) is 0 Å². The Hall–Kier alpha value is -0.820.